The topological polar surface area (TPSA) is 62.4 Å². The summed E-state index contributed by atoms with van der Waals surface area (Å²) >= 11 is 0. The predicted molar refractivity (Wildman–Crippen MR) is 242 cm³/mol. The number of rotatable bonds is 4. The lowest BCUT2D eigenvalue weighted by molar-refractivity contribution is 1.08. The number of nitriles is 2. The van der Waals surface area contributed by atoms with E-state index in [4.69, 9.17) is 0 Å². The van der Waals surface area contributed by atoms with Gasteiger partial charge >= 0.3 is 0 Å². The third-order valence-corrected chi connectivity index (χ3v) is 12.1. The van der Waals surface area contributed by atoms with E-state index >= 15 is 0 Å². The van der Waals surface area contributed by atoms with Crippen molar-refractivity contribution in [1.82, 2.24) is 13.7 Å². The second kappa shape index (κ2) is 12.6. The van der Waals surface area contributed by atoms with Crippen LogP contribution in [0.2, 0.25) is 0 Å². The molecule has 0 fully saturated rings. The van der Waals surface area contributed by atoms with Crippen molar-refractivity contribution in [2.75, 3.05) is 0 Å². The molecule has 0 atom stereocenters. The summed E-state index contributed by atoms with van der Waals surface area (Å²) in [6.45, 7) is 0. The number of para-hydroxylation sites is 3. The minimum Gasteiger partial charge on any atom is -0.309 e. The average Bonchev–Trinajstić information content (AvgIpc) is 3.94. The third kappa shape index (κ3) is 4.71. The zero-order valence-corrected chi connectivity index (χ0v) is 31.6. The molecule has 0 unspecified atom stereocenters. The van der Waals surface area contributed by atoms with Crippen LogP contribution in [0.3, 0.4) is 0 Å². The zero-order valence-electron chi connectivity index (χ0n) is 31.6. The van der Waals surface area contributed by atoms with E-state index in [0.29, 0.717) is 11.1 Å². The van der Waals surface area contributed by atoms with Gasteiger partial charge in [0.15, 0.2) is 0 Å². The standard InChI is InChI=1S/C54H31N5/c55-32-34-28-38(33-56)54(59-48-21-11-8-18-43(48)44-30-37(23-25-49(44)59)35-12-2-1-3-13-35)52(29-34)58-50-27-24-39(31-45(50)53-40-15-5-4-14-36(40)22-26-51(53)58)57-46-19-9-6-16-41(46)42-17-7-10-20-47(42)57/h1-31H. The number of benzene rings is 9. The first-order chi connectivity index (χ1) is 29.2. The van der Waals surface area contributed by atoms with Gasteiger partial charge in [-0.2, -0.15) is 10.5 Å². The van der Waals surface area contributed by atoms with Gasteiger partial charge in [-0.3, -0.25) is 0 Å². The molecule has 0 spiro atoms. The Labute approximate surface area is 338 Å². The fourth-order valence-corrected chi connectivity index (χ4v) is 9.58. The highest BCUT2D eigenvalue weighted by Crippen LogP contribution is 2.43. The normalized spacial score (nSPS) is 11.7. The maximum atomic E-state index is 11.0. The molecule has 5 nitrogen and oxygen atoms in total. The van der Waals surface area contributed by atoms with Crippen molar-refractivity contribution in [2.45, 2.75) is 0 Å². The number of aromatic nitrogens is 3. The Morgan fingerprint density at radius 2 is 0.932 bits per heavy atom. The molecule has 3 aromatic heterocycles. The van der Waals surface area contributed by atoms with E-state index in [9.17, 15) is 10.5 Å². The molecular weight excluding hydrogens is 719 g/mol. The molecule has 9 aromatic carbocycles. The van der Waals surface area contributed by atoms with E-state index in [1.54, 1.807) is 6.07 Å². The van der Waals surface area contributed by atoms with Crippen molar-refractivity contribution in [1.29, 1.82) is 10.5 Å². The summed E-state index contributed by atoms with van der Waals surface area (Å²) in [6.07, 6.45) is 0. The average molecular weight is 750 g/mol. The molecule has 272 valence electrons. The maximum Gasteiger partial charge on any atom is 0.101 e. The zero-order chi connectivity index (χ0) is 39.2. The first-order valence-electron chi connectivity index (χ1n) is 19.7. The molecule has 3 heterocycles. The molecule has 59 heavy (non-hydrogen) atoms. The molecule has 0 aliphatic rings. The van der Waals surface area contributed by atoms with Gasteiger partial charge < -0.3 is 13.7 Å². The van der Waals surface area contributed by atoms with Gasteiger partial charge in [0.25, 0.3) is 0 Å². The van der Waals surface area contributed by atoms with E-state index in [-0.39, 0.29) is 0 Å². The predicted octanol–water partition coefficient (Wildman–Crippen LogP) is 13.5. The number of nitrogens with zero attached hydrogens (tertiary/aromatic N) is 5. The van der Waals surface area contributed by atoms with Crippen molar-refractivity contribution in [2.24, 2.45) is 0 Å². The van der Waals surface area contributed by atoms with Crippen LogP contribution in [-0.4, -0.2) is 13.7 Å². The van der Waals surface area contributed by atoms with Crippen molar-refractivity contribution < 1.29 is 0 Å². The van der Waals surface area contributed by atoms with Crippen LogP contribution in [0.5, 0.6) is 0 Å². The highest BCUT2D eigenvalue weighted by atomic mass is 15.1. The lowest BCUT2D eigenvalue weighted by Gasteiger charge is -2.19. The molecule has 0 radical (unpaired) electrons. The van der Waals surface area contributed by atoms with Crippen LogP contribution in [0, 0.1) is 22.7 Å². The summed E-state index contributed by atoms with van der Waals surface area (Å²) in [5, 5.41) is 30.5. The van der Waals surface area contributed by atoms with Crippen molar-refractivity contribution in [3.63, 3.8) is 0 Å². The number of fused-ring (bicyclic) bond motifs is 11. The fourth-order valence-electron chi connectivity index (χ4n) is 9.58. The minimum atomic E-state index is 0.421. The highest BCUT2D eigenvalue weighted by Gasteiger charge is 2.25. The van der Waals surface area contributed by atoms with Crippen LogP contribution in [0.15, 0.2) is 188 Å². The molecule has 0 saturated heterocycles. The summed E-state index contributed by atoms with van der Waals surface area (Å²) in [4.78, 5) is 0. The fraction of sp³-hybridized carbons (Fsp3) is 0. The molecule has 0 amide bonds. The highest BCUT2D eigenvalue weighted by molar-refractivity contribution is 6.22. The summed E-state index contributed by atoms with van der Waals surface area (Å²) in [7, 11) is 0. The van der Waals surface area contributed by atoms with E-state index in [2.05, 4.69) is 190 Å². The number of hydrogen-bond donors (Lipinski definition) is 0. The molecule has 0 aliphatic heterocycles. The Hall–Kier alpha value is -8.38. The summed E-state index contributed by atoms with van der Waals surface area (Å²) < 4.78 is 6.85. The molecule has 0 aliphatic carbocycles. The number of hydrogen-bond acceptors (Lipinski definition) is 2. The van der Waals surface area contributed by atoms with Crippen LogP contribution in [0.1, 0.15) is 11.1 Å². The molecule has 5 heteroatoms. The van der Waals surface area contributed by atoms with E-state index in [1.165, 1.54) is 10.8 Å². The largest absolute Gasteiger partial charge is 0.309 e. The van der Waals surface area contributed by atoms with Crippen molar-refractivity contribution >= 4 is 76.2 Å². The molecule has 0 N–H and O–H groups in total. The third-order valence-electron chi connectivity index (χ3n) is 12.1. The van der Waals surface area contributed by atoms with Crippen LogP contribution in [0.25, 0.3) is 104 Å². The van der Waals surface area contributed by atoms with Gasteiger partial charge in [0.2, 0.25) is 0 Å². The summed E-state index contributed by atoms with van der Waals surface area (Å²) in [5.41, 5.74) is 11.9. The monoisotopic (exact) mass is 749 g/mol. The smallest absolute Gasteiger partial charge is 0.101 e. The molecule has 0 saturated carbocycles. The van der Waals surface area contributed by atoms with Gasteiger partial charge in [-0.05, 0) is 88.6 Å². The van der Waals surface area contributed by atoms with Gasteiger partial charge in [0.1, 0.15) is 6.07 Å². The van der Waals surface area contributed by atoms with E-state index < -0.39 is 0 Å². The summed E-state index contributed by atoms with van der Waals surface area (Å²) in [6, 6.07) is 70.7. The van der Waals surface area contributed by atoms with Crippen molar-refractivity contribution in [3.8, 4) is 40.3 Å². The van der Waals surface area contributed by atoms with Crippen molar-refractivity contribution in [3.05, 3.63) is 199 Å². The second-order valence-electron chi connectivity index (χ2n) is 15.2. The summed E-state index contributed by atoms with van der Waals surface area (Å²) in [5.74, 6) is 0. The lowest BCUT2D eigenvalue weighted by Crippen LogP contribution is -2.07. The Kier molecular flexibility index (Phi) is 6.99. The lowest BCUT2D eigenvalue weighted by atomic mass is 10.0. The SMILES string of the molecule is N#Cc1cc(C#N)c(-n2c3ccccc3c3cc(-c4ccccc4)ccc32)c(-n2c3ccc(-n4c5ccccc5c5ccccc54)cc3c3c4ccccc4ccc32)c1. The van der Waals surface area contributed by atoms with E-state index in [1.807, 2.05) is 18.2 Å². The van der Waals surface area contributed by atoms with Gasteiger partial charge in [0.05, 0.1) is 61.7 Å². The molecular formula is C54H31N5. The van der Waals surface area contributed by atoms with Gasteiger partial charge in [-0.15, -0.1) is 0 Å². The van der Waals surface area contributed by atoms with Gasteiger partial charge in [-0.25, -0.2) is 0 Å². The maximum absolute atomic E-state index is 11.0. The Morgan fingerprint density at radius 1 is 0.356 bits per heavy atom. The molecule has 12 rings (SSSR count). The first-order valence-corrected chi connectivity index (χ1v) is 19.7. The van der Waals surface area contributed by atoms with Crippen LogP contribution in [0.4, 0.5) is 0 Å². The van der Waals surface area contributed by atoms with Gasteiger partial charge in [-0.1, -0.05) is 121 Å². The first kappa shape index (κ1) is 32.8. The Morgan fingerprint density at radius 3 is 1.64 bits per heavy atom. The second-order valence-corrected chi connectivity index (χ2v) is 15.2. The quantitative estimate of drug-likeness (QED) is 0.180. The van der Waals surface area contributed by atoms with E-state index in [0.717, 1.165) is 93.6 Å². The van der Waals surface area contributed by atoms with Crippen LogP contribution < -0.4 is 0 Å². The molecule has 12 aromatic rings. The minimum absolute atomic E-state index is 0.421. The van der Waals surface area contributed by atoms with Crippen LogP contribution >= 0.6 is 0 Å². The van der Waals surface area contributed by atoms with Crippen LogP contribution in [-0.2, 0) is 0 Å². The molecule has 0 bridgehead atoms. The Balaban J connectivity index is 1.21. The van der Waals surface area contributed by atoms with Gasteiger partial charge in [0, 0.05) is 38.0 Å². The Bertz CT molecular complexity index is 3760.